The Hall–Kier alpha value is -3.01. The lowest BCUT2D eigenvalue weighted by Crippen LogP contribution is -2.26. The maximum atomic E-state index is 12.1. The van der Waals surface area contributed by atoms with E-state index >= 15 is 0 Å². The summed E-state index contributed by atoms with van der Waals surface area (Å²) in [5, 5.41) is 10.9. The van der Waals surface area contributed by atoms with Gasteiger partial charge in [-0.1, -0.05) is 16.5 Å². The smallest absolute Gasteiger partial charge is 0.238 e. The van der Waals surface area contributed by atoms with Crippen molar-refractivity contribution in [1.82, 2.24) is 30.1 Å². The van der Waals surface area contributed by atoms with E-state index in [1.807, 2.05) is 13.1 Å². The molecular weight excluding hydrogens is 356 g/mol. The predicted molar refractivity (Wildman–Crippen MR) is 92.4 cm³/mol. The number of aryl methyl sites for hydroxylation is 1. The molecular formula is C16H16N6O3S. The molecule has 1 atom stereocenters. The van der Waals surface area contributed by atoms with Crippen LogP contribution in [-0.2, 0) is 11.2 Å². The van der Waals surface area contributed by atoms with Gasteiger partial charge in [0.2, 0.25) is 22.6 Å². The molecule has 0 saturated heterocycles. The summed E-state index contributed by atoms with van der Waals surface area (Å²) in [5.74, 6) is 1.41. The van der Waals surface area contributed by atoms with Gasteiger partial charge in [-0.2, -0.15) is 10.1 Å². The second-order valence-corrected chi connectivity index (χ2v) is 6.58. The number of hydrogen-bond donors (Lipinski definition) is 1. The fourth-order valence-electron chi connectivity index (χ4n) is 2.51. The van der Waals surface area contributed by atoms with Crippen LogP contribution in [0, 0.1) is 0 Å². The molecule has 0 bridgehead atoms. The molecule has 0 aromatic carbocycles. The predicted octanol–water partition coefficient (Wildman–Crippen LogP) is 2.63. The van der Waals surface area contributed by atoms with E-state index in [0.717, 1.165) is 10.7 Å². The number of nitrogens with zero attached hydrogens (tertiary/aromatic N) is 5. The third-order valence-corrected chi connectivity index (χ3v) is 4.52. The van der Waals surface area contributed by atoms with Crippen LogP contribution in [0.5, 0.6) is 0 Å². The van der Waals surface area contributed by atoms with Crippen LogP contribution < -0.4 is 5.32 Å². The van der Waals surface area contributed by atoms with Gasteiger partial charge < -0.3 is 14.3 Å². The zero-order valence-electron chi connectivity index (χ0n) is 14.0. The molecule has 0 saturated carbocycles. The van der Waals surface area contributed by atoms with Crippen molar-refractivity contribution >= 4 is 22.2 Å². The first-order valence-electron chi connectivity index (χ1n) is 8.13. The van der Waals surface area contributed by atoms with Crippen molar-refractivity contribution in [1.29, 1.82) is 0 Å². The average Bonchev–Trinajstić information content (AvgIpc) is 3.37. The molecule has 1 N–H and O–H groups in total. The highest BCUT2D eigenvalue weighted by molar-refractivity contribution is 7.14. The molecule has 4 aromatic rings. The van der Waals surface area contributed by atoms with Crippen molar-refractivity contribution in [3.8, 4) is 11.6 Å². The summed E-state index contributed by atoms with van der Waals surface area (Å²) in [6.07, 6.45) is 4.88. The van der Waals surface area contributed by atoms with Crippen LogP contribution in [0.2, 0.25) is 0 Å². The summed E-state index contributed by atoms with van der Waals surface area (Å²) in [7, 11) is 0. The molecule has 10 heteroatoms. The molecule has 0 aliphatic carbocycles. The molecule has 1 unspecified atom stereocenters. The van der Waals surface area contributed by atoms with Crippen LogP contribution in [0.15, 0.2) is 39.0 Å². The SMILES string of the molecule is CC(NC(=O)CCCc1nc(-c2ccco2)no1)c1cn2ncsc2n1. The van der Waals surface area contributed by atoms with Crippen LogP contribution in [0.4, 0.5) is 0 Å². The first kappa shape index (κ1) is 16.5. The van der Waals surface area contributed by atoms with E-state index in [1.165, 1.54) is 11.3 Å². The molecule has 26 heavy (non-hydrogen) atoms. The van der Waals surface area contributed by atoms with Gasteiger partial charge in [0.15, 0.2) is 5.76 Å². The third kappa shape index (κ3) is 3.49. The summed E-state index contributed by atoms with van der Waals surface area (Å²) in [6, 6.07) is 3.35. The molecule has 1 amide bonds. The Balaban J connectivity index is 1.25. The topological polar surface area (TPSA) is 111 Å². The lowest BCUT2D eigenvalue weighted by molar-refractivity contribution is -0.121. The monoisotopic (exact) mass is 372 g/mol. The van der Waals surface area contributed by atoms with Gasteiger partial charge in [-0.3, -0.25) is 4.79 Å². The van der Waals surface area contributed by atoms with Gasteiger partial charge in [0.1, 0.15) is 5.51 Å². The van der Waals surface area contributed by atoms with Gasteiger partial charge in [-0.25, -0.2) is 9.50 Å². The molecule has 0 spiro atoms. The largest absolute Gasteiger partial charge is 0.461 e. The van der Waals surface area contributed by atoms with Gasteiger partial charge in [-0.05, 0) is 25.5 Å². The van der Waals surface area contributed by atoms with Crippen molar-refractivity contribution in [2.24, 2.45) is 0 Å². The molecule has 0 aliphatic heterocycles. The molecule has 4 heterocycles. The number of furan rings is 1. The van der Waals surface area contributed by atoms with Crippen molar-refractivity contribution in [3.63, 3.8) is 0 Å². The highest BCUT2D eigenvalue weighted by Gasteiger charge is 2.15. The molecule has 4 aromatic heterocycles. The molecule has 0 fully saturated rings. The first-order chi connectivity index (χ1) is 12.7. The van der Waals surface area contributed by atoms with E-state index in [-0.39, 0.29) is 11.9 Å². The minimum Gasteiger partial charge on any atom is -0.461 e. The van der Waals surface area contributed by atoms with Gasteiger partial charge in [0.05, 0.1) is 24.2 Å². The molecule has 0 radical (unpaired) electrons. The van der Waals surface area contributed by atoms with Gasteiger partial charge in [-0.15, -0.1) is 0 Å². The van der Waals surface area contributed by atoms with Gasteiger partial charge in [0, 0.05) is 12.8 Å². The van der Waals surface area contributed by atoms with Crippen molar-refractivity contribution in [2.45, 2.75) is 32.2 Å². The number of carbonyl (C=O) groups is 1. The fraction of sp³-hybridized carbons (Fsp3) is 0.312. The van der Waals surface area contributed by atoms with E-state index < -0.39 is 0 Å². The van der Waals surface area contributed by atoms with Crippen molar-refractivity contribution in [3.05, 3.63) is 41.7 Å². The Morgan fingerprint density at radius 2 is 2.35 bits per heavy atom. The van der Waals surface area contributed by atoms with Crippen molar-refractivity contribution < 1.29 is 13.7 Å². The minimum atomic E-state index is -0.176. The lowest BCUT2D eigenvalue weighted by atomic mass is 10.2. The number of nitrogens with one attached hydrogen (secondary N) is 1. The highest BCUT2D eigenvalue weighted by Crippen LogP contribution is 2.17. The number of amides is 1. The molecule has 9 nitrogen and oxygen atoms in total. The third-order valence-electron chi connectivity index (χ3n) is 3.83. The number of fused-ring (bicyclic) bond motifs is 1. The molecule has 4 rings (SSSR count). The second kappa shape index (κ2) is 7.08. The molecule has 0 aliphatic rings. The first-order valence-corrected chi connectivity index (χ1v) is 9.01. The van der Waals surface area contributed by atoms with Gasteiger partial charge >= 0.3 is 0 Å². The van der Waals surface area contributed by atoms with Crippen LogP contribution >= 0.6 is 11.3 Å². The van der Waals surface area contributed by atoms with Crippen LogP contribution in [0.3, 0.4) is 0 Å². The number of imidazole rings is 1. The van der Waals surface area contributed by atoms with E-state index in [4.69, 9.17) is 8.94 Å². The van der Waals surface area contributed by atoms with E-state index in [0.29, 0.717) is 36.7 Å². The van der Waals surface area contributed by atoms with E-state index in [1.54, 1.807) is 28.4 Å². The normalized spacial score (nSPS) is 12.5. The lowest BCUT2D eigenvalue weighted by Gasteiger charge is -2.10. The Morgan fingerprint density at radius 1 is 1.42 bits per heavy atom. The van der Waals surface area contributed by atoms with E-state index in [9.17, 15) is 4.79 Å². The number of rotatable bonds is 7. The standard InChI is InChI=1S/C16H16N6O3S/c1-10(11-8-22-16(19-11)26-9-17-22)18-13(23)5-2-6-14-20-15(21-25-14)12-4-3-7-24-12/h3-4,7-10H,2,5-6H2,1H3,(H,18,23). The maximum absolute atomic E-state index is 12.1. The van der Waals surface area contributed by atoms with Crippen LogP contribution in [0.25, 0.3) is 16.5 Å². The summed E-state index contributed by atoms with van der Waals surface area (Å²) in [4.78, 5) is 21.6. The minimum absolute atomic E-state index is 0.0485. The highest BCUT2D eigenvalue weighted by atomic mass is 32.1. The number of aromatic nitrogens is 5. The number of hydrogen-bond acceptors (Lipinski definition) is 8. The Bertz CT molecular complexity index is 974. The summed E-state index contributed by atoms with van der Waals surface area (Å²) in [5.41, 5.74) is 2.52. The zero-order valence-corrected chi connectivity index (χ0v) is 14.8. The molecule has 134 valence electrons. The Kier molecular flexibility index (Phi) is 4.48. The Labute approximate surface area is 152 Å². The average molecular weight is 372 g/mol. The second-order valence-electron chi connectivity index (χ2n) is 5.76. The zero-order chi connectivity index (χ0) is 17.9. The van der Waals surface area contributed by atoms with Gasteiger partial charge in [0.25, 0.3) is 0 Å². The number of carbonyl (C=O) groups excluding carboxylic acids is 1. The summed E-state index contributed by atoms with van der Waals surface area (Å²) >= 11 is 1.45. The van der Waals surface area contributed by atoms with E-state index in [2.05, 4.69) is 25.5 Å². The van der Waals surface area contributed by atoms with Crippen LogP contribution in [-0.4, -0.2) is 30.6 Å². The maximum Gasteiger partial charge on any atom is 0.238 e. The fourth-order valence-corrected chi connectivity index (χ4v) is 3.12. The van der Waals surface area contributed by atoms with Crippen molar-refractivity contribution in [2.75, 3.05) is 0 Å². The summed E-state index contributed by atoms with van der Waals surface area (Å²) in [6.45, 7) is 1.90. The Morgan fingerprint density at radius 3 is 3.15 bits per heavy atom. The quantitative estimate of drug-likeness (QED) is 0.531. The summed E-state index contributed by atoms with van der Waals surface area (Å²) < 4.78 is 12.1. The van der Waals surface area contributed by atoms with Crippen LogP contribution in [0.1, 0.15) is 37.4 Å².